The van der Waals surface area contributed by atoms with Gasteiger partial charge in [0.1, 0.15) is 11.6 Å². The lowest BCUT2D eigenvalue weighted by Gasteiger charge is -2.26. The van der Waals surface area contributed by atoms with Gasteiger partial charge in [-0.05, 0) is 67.6 Å². The van der Waals surface area contributed by atoms with E-state index in [0.29, 0.717) is 5.56 Å². The molecule has 0 amide bonds. The Labute approximate surface area is 118 Å². The summed E-state index contributed by atoms with van der Waals surface area (Å²) >= 11 is 0. The normalized spacial score (nSPS) is 14.1. The van der Waals surface area contributed by atoms with E-state index in [0.717, 1.165) is 23.3 Å². The summed E-state index contributed by atoms with van der Waals surface area (Å²) in [7, 11) is 0. The molecule has 1 unspecified atom stereocenters. The van der Waals surface area contributed by atoms with Crippen LogP contribution in [0.1, 0.15) is 29.2 Å². The average Bonchev–Trinajstić information content (AvgIpc) is 2.36. The van der Waals surface area contributed by atoms with Crippen LogP contribution < -0.4 is 5.73 Å². The molecule has 20 heavy (non-hydrogen) atoms. The summed E-state index contributed by atoms with van der Waals surface area (Å²) in [4.78, 5) is 0. The van der Waals surface area contributed by atoms with Gasteiger partial charge in [-0.2, -0.15) is 0 Å². The van der Waals surface area contributed by atoms with Gasteiger partial charge in [0.2, 0.25) is 0 Å². The molecule has 0 aliphatic rings. The minimum atomic E-state index is -0.743. The van der Waals surface area contributed by atoms with E-state index >= 15 is 0 Å². The zero-order chi connectivity index (χ0) is 14.9. The fourth-order valence-electron chi connectivity index (χ4n) is 2.27. The lowest BCUT2D eigenvalue weighted by molar-refractivity contribution is 0.472. The Hall–Kier alpha value is -1.74. The third-order valence-corrected chi connectivity index (χ3v) is 3.73. The van der Waals surface area contributed by atoms with Gasteiger partial charge in [-0.1, -0.05) is 18.2 Å². The van der Waals surface area contributed by atoms with E-state index in [2.05, 4.69) is 0 Å². The molecule has 0 bridgehead atoms. The van der Waals surface area contributed by atoms with Crippen LogP contribution in [0.2, 0.25) is 0 Å². The molecule has 3 heteroatoms. The molecule has 1 atom stereocenters. The highest BCUT2D eigenvalue weighted by Crippen LogP contribution is 2.26. The van der Waals surface area contributed by atoms with Crippen molar-refractivity contribution in [3.05, 3.63) is 70.3 Å². The monoisotopic (exact) mass is 275 g/mol. The van der Waals surface area contributed by atoms with E-state index in [1.807, 2.05) is 39.0 Å². The Kier molecular flexibility index (Phi) is 3.91. The fraction of sp³-hybridized carbons (Fsp3) is 0.294. The van der Waals surface area contributed by atoms with E-state index in [9.17, 15) is 8.78 Å². The third-order valence-electron chi connectivity index (χ3n) is 3.73. The van der Waals surface area contributed by atoms with Crippen LogP contribution in [0.25, 0.3) is 0 Å². The van der Waals surface area contributed by atoms with Gasteiger partial charge in [-0.3, -0.25) is 0 Å². The molecular weight excluding hydrogens is 256 g/mol. The van der Waals surface area contributed by atoms with Crippen LogP contribution in [0.15, 0.2) is 36.4 Å². The molecular formula is C17H19F2N. The van der Waals surface area contributed by atoms with Gasteiger partial charge in [0.05, 0.1) is 0 Å². The maximum atomic E-state index is 13.7. The standard InChI is InChI=1S/C17H19F2N/c1-11-4-5-14(8-12(11)2)17(3,20)10-13-9-15(18)6-7-16(13)19/h4-9H,10,20H2,1-3H3. The number of aryl methyl sites for hydroxylation is 2. The van der Waals surface area contributed by atoms with Crippen molar-refractivity contribution < 1.29 is 8.78 Å². The van der Waals surface area contributed by atoms with Crippen molar-refractivity contribution in [2.45, 2.75) is 32.7 Å². The van der Waals surface area contributed by atoms with Gasteiger partial charge in [-0.15, -0.1) is 0 Å². The highest BCUT2D eigenvalue weighted by Gasteiger charge is 2.24. The number of rotatable bonds is 3. The van der Waals surface area contributed by atoms with Crippen LogP contribution in [-0.2, 0) is 12.0 Å². The highest BCUT2D eigenvalue weighted by atomic mass is 19.1. The second kappa shape index (κ2) is 5.33. The van der Waals surface area contributed by atoms with Crippen LogP contribution in [0.4, 0.5) is 8.78 Å². The van der Waals surface area contributed by atoms with E-state index in [1.165, 1.54) is 11.6 Å². The Balaban J connectivity index is 2.34. The predicted octanol–water partition coefficient (Wildman–Crippen LogP) is 4.00. The first-order valence-corrected chi connectivity index (χ1v) is 6.60. The second-order valence-electron chi connectivity index (χ2n) is 5.63. The van der Waals surface area contributed by atoms with Gasteiger partial charge in [0, 0.05) is 5.54 Å². The van der Waals surface area contributed by atoms with Gasteiger partial charge < -0.3 is 5.73 Å². The summed E-state index contributed by atoms with van der Waals surface area (Å²) in [5, 5.41) is 0. The molecule has 2 rings (SSSR count). The molecule has 106 valence electrons. The van der Waals surface area contributed by atoms with Crippen LogP contribution in [0.5, 0.6) is 0 Å². The van der Waals surface area contributed by atoms with Crippen LogP contribution in [0.3, 0.4) is 0 Å². The van der Waals surface area contributed by atoms with E-state index < -0.39 is 17.2 Å². The van der Waals surface area contributed by atoms with Crippen molar-refractivity contribution in [1.82, 2.24) is 0 Å². The molecule has 0 aliphatic heterocycles. The first kappa shape index (κ1) is 14.7. The molecule has 2 aromatic carbocycles. The largest absolute Gasteiger partial charge is 0.321 e. The smallest absolute Gasteiger partial charge is 0.126 e. The van der Waals surface area contributed by atoms with Gasteiger partial charge in [0.25, 0.3) is 0 Å². The van der Waals surface area contributed by atoms with E-state index in [4.69, 9.17) is 5.73 Å². The zero-order valence-electron chi connectivity index (χ0n) is 12.0. The number of hydrogen-bond donors (Lipinski definition) is 1. The molecule has 0 radical (unpaired) electrons. The van der Waals surface area contributed by atoms with Crippen molar-refractivity contribution in [2.75, 3.05) is 0 Å². The topological polar surface area (TPSA) is 26.0 Å². The van der Waals surface area contributed by atoms with Gasteiger partial charge in [0.15, 0.2) is 0 Å². The molecule has 0 aromatic heterocycles. The van der Waals surface area contributed by atoms with E-state index in [-0.39, 0.29) is 6.42 Å². The molecule has 2 N–H and O–H groups in total. The predicted molar refractivity (Wildman–Crippen MR) is 77.5 cm³/mol. The molecule has 0 fully saturated rings. The van der Waals surface area contributed by atoms with Crippen LogP contribution >= 0.6 is 0 Å². The van der Waals surface area contributed by atoms with Crippen molar-refractivity contribution in [3.8, 4) is 0 Å². The van der Waals surface area contributed by atoms with Crippen LogP contribution in [0, 0.1) is 25.5 Å². The van der Waals surface area contributed by atoms with E-state index in [1.54, 1.807) is 0 Å². The Bertz CT molecular complexity index is 633. The lowest BCUT2D eigenvalue weighted by atomic mass is 9.85. The molecule has 0 saturated carbocycles. The minimum absolute atomic E-state index is 0.249. The number of nitrogens with two attached hydrogens (primary N) is 1. The van der Waals surface area contributed by atoms with Gasteiger partial charge >= 0.3 is 0 Å². The highest BCUT2D eigenvalue weighted by molar-refractivity contribution is 5.35. The summed E-state index contributed by atoms with van der Waals surface area (Å²) < 4.78 is 27.0. The van der Waals surface area contributed by atoms with Crippen LogP contribution in [-0.4, -0.2) is 0 Å². The summed E-state index contributed by atoms with van der Waals surface area (Å²) in [6, 6.07) is 9.41. The summed E-state index contributed by atoms with van der Waals surface area (Å²) in [6.07, 6.45) is 0.249. The molecule has 0 heterocycles. The Morgan fingerprint density at radius 3 is 2.35 bits per heavy atom. The molecule has 2 aromatic rings. The SMILES string of the molecule is Cc1ccc(C(C)(N)Cc2cc(F)ccc2F)cc1C. The van der Waals surface area contributed by atoms with Crippen molar-refractivity contribution in [2.24, 2.45) is 5.73 Å². The molecule has 1 nitrogen and oxygen atoms in total. The quantitative estimate of drug-likeness (QED) is 0.900. The number of hydrogen-bond acceptors (Lipinski definition) is 1. The maximum Gasteiger partial charge on any atom is 0.126 e. The summed E-state index contributed by atoms with van der Waals surface area (Å²) in [6.45, 7) is 5.87. The minimum Gasteiger partial charge on any atom is -0.321 e. The Morgan fingerprint density at radius 2 is 1.70 bits per heavy atom. The first-order valence-electron chi connectivity index (χ1n) is 6.60. The third kappa shape index (κ3) is 3.05. The fourth-order valence-corrected chi connectivity index (χ4v) is 2.27. The maximum absolute atomic E-state index is 13.7. The molecule has 0 saturated heterocycles. The zero-order valence-corrected chi connectivity index (χ0v) is 12.0. The van der Waals surface area contributed by atoms with Crippen molar-refractivity contribution in [1.29, 1.82) is 0 Å². The molecule has 0 aliphatic carbocycles. The summed E-state index contributed by atoms with van der Waals surface area (Å²) in [5.74, 6) is -0.871. The number of halogens is 2. The van der Waals surface area contributed by atoms with Gasteiger partial charge in [-0.25, -0.2) is 8.78 Å². The molecule has 0 spiro atoms. The Morgan fingerprint density at radius 1 is 1.00 bits per heavy atom. The lowest BCUT2D eigenvalue weighted by Crippen LogP contribution is -2.36. The first-order chi connectivity index (χ1) is 9.29. The second-order valence-corrected chi connectivity index (χ2v) is 5.63. The van der Waals surface area contributed by atoms with Crippen molar-refractivity contribution >= 4 is 0 Å². The number of benzene rings is 2. The summed E-state index contributed by atoms with van der Waals surface area (Å²) in [5.41, 5.74) is 9.12. The average molecular weight is 275 g/mol. The van der Waals surface area contributed by atoms with Crippen molar-refractivity contribution in [3.63, 3.8) is 0 Å².